The molecule has 0 aliphatic heterocycles. The van der Waals surface area contributed by atoms with Crippen molar-refractivity contribution in [2.45, 2.75) is 0 Å². The van der Waals surface area contributed by atoms with Gasteiger partial charge in [0, 0.05) is 12.2 Å². The van der Waals surface area contributed by atoms with Gasteiger partial charge in [0.25, 0.3) is 0 Å². The minimum absolute atomic E-state index is 0. The van der Waals surface area contributed by atoms with Gasteiger partial charge in [-0.05, 0) is 0 Å². The Labute approximate surface area is 81.5 Å². The van der Waals surface area contributed by atoms with Gasteiger partial charge in [0.1, 0.15) is 0 Å². The van der Waals surface area contributed by atoms with E-state index in [4.69, 9.17) is 10.2 Å². The number of aliphatic carboxylic acids is 2. The minimum Gasteiger partial charge on any atom is -0.478 e. The van der Waals surface area contributed by atoms with Gasteiger partial charge in [0.05, 0.1) is 0 Å². The van der Waals surface area contributed by atoms with Crippen molar-refractivity contribution in [3.8, 4) is 0 Å². The number of halogens is 3. The molecule has 0 aromatic rings. The van der Waals surface area contributed by atoms with Crippen LogP contribution in [0.2, 0.25) is 0 Å². The molecule has 0 amide bonds. The van der Waals surface area contributed by atoms with E-state index in [1.165, 1.54) is 0 Å². The summed E-state index contributed by atoms with van der Waals surface area (Å²) >= 11 is 0. The van der Waals surface area contributed by atoms with Crippen LogP contribution >= 0.6 is 37.2 Å². The summed E-state index contributed by atoms with van der Waals surface area (Å²) in [5.74, 6) is -2.51. The molecule has 0 heterocycles. The fraction of sp³-hybridized carbons (Fsp3) is 0. The second-order valence-electron chi connectivity index (χ2n) is 1.01. The molecule has 4 nitrogen and oxygen atoms in total. The Bertz CT molecular complexity index is 128. The number of rotatable bonds is 2. The van der Waals surface area contributed by atoms with Crippen LogP contribution in [0.1, 0.15) is 0 Å². The highest BCUT2D eigenvalue weighted by Crippen LogP contribution is 1.70. The van der Waals surface area contributed by atoms with Crippen LogP contribution in [0.15, 0.2) is 12.2 Å². The Hall–Kier alpha value is -0.450. The van der Waals surface area contributed by atoms with Gasteiger partial charge >= 0.3 is 11.9 Å². The minimum atomic E-state index is -1.26. The first kappa shape index (κ1) is 22.4. The second-order valence-corrected chi connectivity index (χ2v) is 1.01. The molecule has 68 valence electrons. The Morgan fingerprint density at radius 1 is 0.818 bits per heavy atom. The van der Waals surface area contributed by atoms with Gasteiger partial charge in [-0.1, -0.05) is 0 Å². The molecule has 7 heteroatoms. The van der Waals surface area contributed by atoms with Gasteiger partial charge in [0.2, 0.25) is 0 Å². The van der Waals surface area contributed by atoms with Crippen LogP contribution in [-0.4, -0.2) is 22.2 Å². The molecule has 0 fully saturated rings. The molecule has 0 aliphatic rings. The van der Waals surface area contributed by atoms with Crippen molar-refractivity contribution in [2.24, 2.45) is 0 Å². The van der Waals surface area contributed by atoms with Crippen molar-refractivity contribution in [3.05, 3.63) is 12.2 Å². The van der Waals surface area contributed by atoms with Crippen LogP contribution in [0.5, 0.6) is 0 Å². The van der Waals surface area contributed by atoms with E-state index in [-0.39, 0.29) is 37.2 Å². The van der Waals surface area contributed by atoms with Gasteiger partial charge in [-0.25, -0.2) is 9.59 Å². The summed E-state index contributed by atoms with van der Waals surface area (Å²) in [6.07, 6.45) is 1.12. The maximum atomic E-state index is 9.55. The quantitative estimate of drug-likeness (QED) is 0.687. The number of hydrogen-bond donors (Lipinski definition) is 2. The molecule has 0 aliphatic carbocycles. The van der Waals surface area contributed by atoms with E-state index in [0.29, 0.717) is 12.2 Å². The van der Waals surface area contributed by atoms with Crippen LogP contribution in [-0.2, 0) is 9.59 Å². The highest BCUT2D eigenvalue weighted by Gasteiger charge is 1.88. The smallest absolute Gasteiger partial charge is 0.328 e. The largest absolute Gasteiger partial charge is 0.478 e. The zero-order valence-corrected chi connectivity index (χ0v) is 7.54. The Balaban J connectivity index is -0.0000000817. The predicted octanol–water partition coefficient (Wildman–Crippen LogP) is 0.977. The van der Waals surface area contributed by atoms with Crippen molar-refractivity contribution in [1.82, 2.24) is 0 Å². The lowest BCUT2D eigenvalue weighted by molar-refractivity contribution is -0.134. The van der Waals surface area contributed by atoms with E-state index >= 15 is 0 Å². The standard InChI is InChI=1S/C4H4O4.3ClH/c5-3(6)1-2-4(7)8;;;/h1-2H,(H,5,6)(H,7,8);3*1H/b2-1-;;;. The molecule has 0 rings (SSSR count). The van der Waals surface area contributed by atoms with Gasteiger partial charge in [0.15, 0.2) is 0 Å². The topological polar surface area (TPSA) is 74.6 Å². The van der Waals surface area contributed by atoms with Gasteiger partial charge in [-0.2, -0.15) is 0 Å². The first-order chi connectivity index (χ1) is 3.63. The molecule has 0 unspecified atom stereocenters. The summed E-state index contributed by atoms with van der Waals surface area (Å²) in [5.41, 5.74) is 0. The van der Waals surface area contributed by atoms with Crippen LogP contribution in [0, 0.1) is 0 Å². The lowest BCUT2D eigenvalue weighted by Gasteiger charge is -1.74. The average molecular weight is 225 g/mol. The fourth-order valence-corrected chi connectivity index (χ4v) is 0.143. The molecule has 0 saturated heterocycles. The molecule has 0 radical (unpaired) electrons. The van der Waals surface area contributed by atoms with Gasteiger partial charge < -0.3 is 10.2 Å². The molecule has 0 aromatic heterocycles. The third kappa shape index (κ3) is 26.3. The van der Waals surface area contributed by atoms with Crippen LogP contribution in [0.4, 0.5) is 0 Å². The lowest BCUT2D eigenvalue weighted by Crippen LogP contribution is -1.91. The van der Waals surface area contributed by atoms with E-state index in [1.54, 1.807) is 0 Å². The average Bonchev–Trinajstić information content (AvgIpc) is 1.61. The second kappa shape index (κ2) is 12.2. The van der Waals surface area contributed by atoms with Crippen molar-refractivity contribution in [2.75, 3.05) is 0 Å². The maximum absolute atomic E-state index is 9.55. The Morgan fingerprint density at radius 2 is 1.00 bits per heavy atom. The zero-order valence-electron chi connectivity index (χ0n) is 5.09. The van der Waals surface area contributed by atoms with Crippen molar-refractivity contribution < 1.29 is 19.8 Å². The van der Waals surface area contributed by atoms with E-state index in [2.05, 4.69) is 0 Å². The number of carboxylic acid groups (broad SMARTS) is 2. The first-order valence-corrected chi connectivity index (χ1v) is 1.77. The summed E-state index contributed by atoms with van der Waals surface area (Å²) in [6.45, 7) is 0. The Kier molecular flexibility index (Phi) is 25.0. The number of carboxylic acids is 2. The summed E-state index contributed by atoms with van der Waals surface area (Å²) < 4.78 is 0. The van der Waals surface area contributed by atoms with Gasteiger partial charge in [-0.15, -0.1) is 37.2 Å². The third-order valence-corrected chi connectivity index (χ3v) is 0.368. The fourth-order valence-electron chi connectivity index (χ4n) is 0.143. The molecule has 0 bridgehead atoms. The molecule has 0 spiro atoms. The third-order valence-electron chi connectivity index (χ3n) is 0.368. The van der Waals surface area contributed by atoms with Crippen molar-refractivity contribution in [1.29, 1.82) is 0 Å². The predicted molar refractivity (Wildman–Crippen MR) is 46.2 cm³/mol. The van der Waals surface area contributed by atoms with E-state index < -0.39 is 11.9 Å². The molecule has 0 atom stereocenters. The molecular weight excluding hydrogens is 218 g/mol. The number of hydrogen-bond acceptors (Lipinski definition) is 2. The summed E-state index contributed by atoms with van der Waals surface area (Å²) in [5, 5.41) is 15.6. The molecular formula is C4H7Cl3O4. The SMILES string of the molecule is Cl.Cl.Cl.O=C(O)/C=C\C(=O)O. The highest BCUT2D eigenvalue weighted by atomic mass is 35.5. The number of carbonyl (C=O) groups is 2. The molecule has 0 aromatic carbocycles. The first-order valence-electron chi connectivity index (χ1n) is 1.77. The molecule has 2 N–H and O–H groups in total. The van der Waals surface area contributed by atoms with E-state index in [9.17, 15) is 9.59 Å². The summed E-state index contributed by atoms with van der Waals surface area (Å²) in [7, 11) is 0. The van der Waals surface area contributed by atoms with E-state index in [1.807, 2.05) is 0 Å². The normalized spacial score (nSPS) is 6.91. The zero-order chi connectivity index (χ0) is 6.57. The lowest BCUT2D eigenvalue weighted by atomic mass is 10.5. The monoisotopic (exact) mass is 224 g/mol. The molecule has 11 heavy (non-hydrogen) atoms. The maximum Gasteiger partial charge on any atom is 0.328 e. The van der Waals surface area contributed by atoms with Gasteiger partial charge in [-0.3, -0.25) is 0 Å². The van der Waals surface area contributed by atoms with Crippen LogP contribution in [0.3, 0.4) is 0 Å². The Morgan fingerprint density at radius 3 is 1.09 bits per heavy atom. The van der Waals surface area contributed by atoms with Crippen LogP contribution < -0.4 is 0 Å². The van der Waals surface area contributed by atoms with Crippen LogP contribution in [0.25, 0.3) is 0 Å². The van der Waals surface area contributed by atoms with Crippen molar-refractivity contribution >= 4 is 49.2 Å². The van der Waals surface area contributed by atoms with E-state index in [0.717, 1.165) is 0 Å². The highest BCUT2D eigenvalue weighted by molar-refractivity contribution is 5.89. The molecule has 0 saturated carbocycles. The summed E-state index contributed by atoms with van der Waals surface area (Å²) in [6, 6.07) is 0. The van der Waals surface area contributed by atoms with Crippen molar-refractivity contribution in [3.63, 3.8) is 0 Å². The summed E-state index contributed by atoms with van der Waals surface area (Å²) in [4.78, 5) is 19.1.